The van der Waals surface area contributed by atoms with E-state index in [2.05, 4.69) is 30.6 Å². The van der Waals surface area contributed by atoms with Crippen molar-refractivity contribution in [3.05, 3.63) is 65.1 Å². The Morgan fingerprint density at radius 1 is 1.14 bits per heavy atom. The highest BCUT2D eigenvalue weighted by molar-refractivity contribution is 6.31. The van der Waals surface area contributed by atoms with Crippen molar-refractivity contribution in [1.29, 1.82) is 0 Å². The fourth-order valence-corrected chi connectivity index (χ4v) is 4.60. The van der Waals surface area contributed by atoms with E-state index in [9.17, 15) is 18.7 Å². The first-order valence-electron chi connectivity index (χ1n) is 11.1. The van der Waals surface area contributed by atoms with Crippen LogP contribution in [0.1, 0.15) is 36.2 Å². The minimum absolute atomic E-state index is 0.0264. The van der Waals surface area contributed by atoms with Crippen LogP contribution in [0, 0.1) is 11.6 Å². The molecule has 180 valence electrons. The zero-order valence-corrected chi connectivity index (χ0v) is 19.1. The van der Waals surface area contributed by atoms with Crippen molar-refractivity contribution in [2.45, 2.75) is 37.8 Å². The minimum Gasteiger partial charge on any atom is -0.493 e. The van der Waals surface area contributed by atoms with Gasteiger partial charge in [-0.15, -0.1) is 0 Å². The molecule has 1 fully saturated rings. The van der Waals surface area contributed by atoms with Crippen LogP contribution in [0.4, 0.5) is 14.6 Å². The van der Waals surface area contributed by atoms with Gasteiger partial charge < -0.3 is 20.7 Å². The Bertz CT molecular complexity index is 1410. The zero-order chi connectivity index (χ0) is 24.5. The topological polar surface area (TPSA) is 116 Å². The SMILES string of the molecule is O=C(NC1CCC[C@H](Nc2nc(-c3c[nH]c4c(F)cc(Cl)cc34)ncc2F)C1)c1cccc(O)n1. The molecule has 1 aliphatic rings. The molecule has 4 aromatic rings. The van der Waals surface area contributed by atoms with E-state index >= 15 is 0 Å². The lowest BCUT2D eigenvalue weighted by Crippen LogP contribution is -2.42. The van der Waals surface area contributed by atoms with E-state index in [-0.39, 0.29) is 51.7 Å². The number of anilines is 1. The number of aromatic nitrogens is 4. The van der Waals surface area contributed by atoms with Crippen LogP contribution in [0.5, 0.6) is 5.88 Å². The van der Waals surface area contributed by atoms with E-state index in [1.54, 1.807) is 18.3 Å². The number of rotatable bonds is 5. The molecule has 35 heavy (non-hydrogen) atoms. The van der Waals surface area contributed by atoms with Gasteiger partial charge in [-0.2, -0.15) is 0 Å². The third-order valence-corrected chi connectivity index (χ3v) is 6.23. The number of nitrogens with zero attached hydrogens (tertiary/aromatic N) is 3. The van der Waals surface area contributed by atoms with Gasteiger partial charge in [0.15, 0.2) is 17.5 Å². The van der Waals surface area contributed by atoms with Crippen LogP contribution in [0.3, 0.4) is 0 Å². The van der Waals surface area contributed by atoms with Crippen molar-refractivity contribution in [3.63, 3.8) is 0 Å². The molecule has 1 amide bonds. The highest BCUT2D eigenvalue weighted by Gasteiger charge is 2.25. The summed E-state index contributed by atoms with van der Waals surface area (Å²) in [6.45, 7) is 0. The highest BCUT2D eigenvalue weighted by Crippen LogP contribution is 2.32. The van der Waals surface area contributed by atoms with Gasteiger partial charge in [0.25, 0.3) is 5.91 Å². The van der Waals surface area contributed by atoms with E-state index in [1.165, 1.54) is 18.2 Å². The normalized spacial score (nSPS) is 17.9. The van der Waals surface area contributed by atoms with Gasteiger partial charge in [0.2, 0.25) is 5.88 Å². The first-order valence-corrected chi connectivity index (χ1v) is 11.5. The molecule has 0 spiro atoms. The number of hydrogen-bond donors (Lipinski definition) is 4. The van der Waals surface area contributed by atoms with E-state index in [4.69, 9.17) is 11.6 Å². The van der Waals surface area contributed by atoms with Gasteiger partial charge in [-0.3, -0.25) is 4.79 Å². The largest absolute Gasteiger partial charge is 0.493 e. The number of fused-ring (bicyclic) bond motifs is 1. The average molecular weight is 499 g/mol. The quantitative estimate of drug-likeness (QED) is 0.314. The second-order valence-corrected chi connectivity index (χ2v) is 8.90. The second-order valence-electron chi connectivity index (χ2n) is 8.46. The Hall–Kier alpha value is -3.79. The molecule has 1 aromatic carbocycles. The number of H-pyrrole nitrogens is 1. The lowest BCUT2D eigenvalue weighted by Gasteiger charge is -2.30. The van der Waals surface area contributed by atoms with Crippen LogP contribution in [0.15, 0.2) is 42.7 Å². The number of benzene rings is 1. The molecular formula is C24H21ClF2N6O2. The molecule has 1 aliphatic carbocycles. The van der Waals surface area contributed by atoms with Gasteiger partial charge in [0.05, 0.1) is 11.7 Å². The van der Waals surface area contributed by atoms with Crippen molar-refractivity contribution in [2.75, 3.05) is 5.32 Å². The maximum absolute atomic E-state index is 14.6. The number of nitrogens with one attached hydrogen (secondary N) is 3. The highest BCUT2D eigenvalue weighted by atomic mass is 35.5. The number of halogens is 3. The van der Waals surface area contributed by atoms with Crippen LogP contribution in [0.2, 0.25) is 5.02 Å². The maximum atomic E-state index is 14.6. The first-order chi connectivity index (χ1) is 16.9. The number of carbonyl (C=O) groups is 1. The monoisotopic (exact) mass is 498 g/mol. The van der Waals surface area contributed by atoms with E-state index in [1.807, 2.05) is 0 Å². The van der Waals surface area contributed by atoms with Crippen molar-refractivity contribution < 1.29 is 18.7 Å². The standard InChI is InChI=1S/C24H21ClF2N6O2/c25-12-7-15-16(10-28-21(15)17(26)8-12)22-29-11-18(27)23(33-22)30-13-3-1-4-14(9-13)31-24(35)19-5-2-6-20(34)32-19/h2,5-8,10-11,13-14,28H,1,3-4,9H2,(H,31,35)(H,32,34)(H,29,30,33)/t13-,14?/m0/s1. The molecule has 0 bridgehead atoms. The van der Waals surface area contributed by atoms with E-state index in [0.717, 1.165) is 25.5 Å². The van der Waals surface area contributed by atoms with Gasteiger partial charge in [-0.25, -0.2) is 23.7 Å². The molecule has 0 aliphatic heterocycles. The third kappa shape index (κ3) is 4.88. The molecule has 1 unspecified atom stereocenters. The Morgan fingerprint density at radius 3 is 2.80 bits per heavy atom. The zero-order valence-electron chi connectivity index (χ0n) is 18.4. The van der Waals surface area contributed by atoms with Crippen molar-refractivity contribution in [1.82, 2.24) is 25.3 Å². The van der Waals surface area contributed by atoms with Gasteiger partial charge in [0, 0.05) is 40.3 Å². The lowest BCUT2D eigenvalue weighted by atomic mass is 9.91. The van der Waals surface area contributed by atoms with Gasteiger partial charge in [0.1, 0.15) is 11.5 Å². The van der Waals surface area contributed by atoms with Gasteiger partial charge >= 0.3 is 0 Å². The summed E-state index contributed by atoms with van der Waals surface area (Å²) in [7, 11) is 0. The molecule has 3 heterocycles. The fraction of sp³-hybridized carbons (Fsp3) is 0.250. The molecule has 5 rings (SSSR count). The molecule has 8 nitrogen and oxygen atoms in total. The van der Waals surface area contributed by atoms with Crippen LogP contribution >= 0.6 is 11.6 Å². The number of hydrogen-bond acceptors (Lipinski definition) is 6. The molecular weight excluding hydrogens is 478 g/mol. The van der Waals surface area contributed by atoms with Crippen molar-refractivity contribution >= 4 is 34.2 Å². The summed E-state index contributed by atoms with van der Waals surface area (Å²) < 4.78 is 28.8. The van der Waals surface area contributed by atoms with Crippen LogP contribution in [-0.4, -0.2) is 43.0 Å². The molecule has 4 N–H and O–H groups in total. The van der Waals surface area contributed by atoms with E-state index < -0.39 is 11.6 Å². The average Bonchev–Trinajstić information content (AvgIpc) is 3.25. The van der Waals surface area contributed by atoms with Crippen molar-refractivity contribution in [3.8, 4) is 17.3 Å². The number of carbonyl (C=O) groups excluding carboxylic acids is 1. The summed E-state index contributed by atoms with van der Waals surface area (Å²) in [5.41, 5.74) is 0.887. The number of amides is 1. The molecule has 1 saturated carbocycles. The lowest BCUT2D eigenvalue weighted by molar-refractivity contribution is 0.0920. The summed E-state index contributed by atoms with van der Waals surface area (Å²) >= 11 is 6.01. The first kappa shape index (κ1) is 23.0. The van der Waals surface area contributed by atoms with Crippen LogP contribution in [-0.2, 0) is 0 Å². The molecule has 3 aromatic heterocycles. The van der Waals surface area contributed by atoms with Crippen LogP contribution < -0.4 is 10.6 Å². The Labute approximate surface area is 203 Å². The smallest absolute Gasteiger partial charge is 0.270 e. The second kappa shape index (κ2) is 9.46. The number of pyridine rings is 1. The fourth-order valence-electron chi connectivity index (χ4n) is 4.39. The molecule has 11 heteroatoms. The van der Waals surface area contributed by atoms with Gasteiger partial charge in [-0.1, -0.05) is 17.7 Å². The summed E-state index contributed by atoms with van der Waals surface area (Å²) in [4.78, 5) is 27.6. The maximum Gasteiger partial charge on any atom is 0.270 e. The number of aromatic amines is 1. The third-order valence-electron chi connectivity index (χ3n) is 6.01. The predicted octanol–water partition coefficient (Wildman–Crippen LogP) is 4.81. The van der Waals surface area contributed by atoms with Crippen molar-refractivity contribution in [2.24, 2.45) is 0 Å². The predicted molar refractivity (Wildman–Crippen MR) is 127 cm³/mol. The Balaban J connectivity index is 1.32. The summed E-state index contributed by atoms with van der Waals surface area (Å²) in [6.07, 6.45) is 5.53. The van der Waals surface area contributed by atoms with E-state index in [0.29, 0.717) is 17.4 Å². The van der Waals surface area contributed by atoms with Gasteiger partial charge in [-0.05, 0) is 43.9 Å². The Kier molecular flexibility index (Phi) is 6.21. The minimum atomic E-state index is -0.618. The number of aromatic hydroxyl groups is 1. The molecule has 0 saturated heterocycles. The summed E-state index contributed by atoms with van der Waals surface area (Å²) in [5.74, 6) is -1.48. The summed E-state index contributed by atoms with van der Waals surface area (Å²) in [6, 6.07) is 6.98. The summed E-state index contributed by atoms with van der Waals surface area (Å²) in [5, 5.41) is 16.3. The Morgan fingerprint density at radius 2 is 1.97 bits per heavy atom. The molecule has 2 atom stereocenters. The van der Waals surface area contributed by atoms with Crippen LogP contribution in [0.25, 0.3) is 22.3 Å². The molecule has 0 radical (unpaired) electrons.